The first-order chi connectivity index (χ1) is 15.4. The number of pyridine rings is 1. The van der Waals surface area contributed by atoms with Gasteiger partial charge in [0.15, 0.2) is 11.1 Å². The Bertz CT molecular complexity index is 1360. The number of nitrogens with two attached hydrogens (primary N) is 1. The van der Waals surface area contributed by atoms with Crippen LogP contribution in [0.2, 0.25) is 0 Å². The van der Waals surface area contributed by atoms with Crippen molar-refractivity contribution >= 4 is 22.6 Å². The molecule has 0 unspecified atom stereocenters. The van der Waals surface area contributed by atoms with Crippen LogP contribution in [0.15, 0.2) is 70.0 Å². The van der Waals surface area contributed by atoms with Crippen LogP contribution in [0.4, 0.5) is 5.69 Å². The molecule has 0 saturated carbocycles. The van der Waals surface area contributed by atoms with E-state index in [1.165, 1.54) is 6.20 Å². The Morgan fingerprint density at radius 2 is 1.84 bits per heavy atom. The number of hydrogen-bond acceptors (Lipinski definition) is 6. The van der Waals surface area contributed by atoms with Crippen LogP contribution in [0.3, 0.4) is 0 Å². The molecular formula is C25H24N4O3. The maximum absolute atomic E-state index is 13.2. The maximum atomic E-state index is 13.2. The second-order valence-electron chi connectivity index (χ2n) is 7.72. The van der Waals surface area contributed by atoms with Gasteiger partial charge in [-0.25, -0.2) is 10.8 Å². The van der Waals surface area contributed by atoms with Crippen LogP contribution in [-0.4, -0.2) is 10.9 Å². The summed E-state index contributed by atoms with van der Waals surface area (Å²) in [6.45, 7) is 5.66. The molecule has 4 rings (SSSR count). The number of nitrogen functional groups attached to an aromatic ring is 1. The fourth-order valence-corrected chi connectivity index (χ4v) is 3.84. The number of rotatable bonds is 5. The van der Waals surface area contributed by atoms with Gasteiger partial charge in [-0.2, -0.15) is 0 Å². The molecule has 2 aromatic carbocycles. The minimum atomic E-state index is -0.497. The zero-order valence-electron chi connectivity index (χ0n) is 18.1. The molecular weight excluding hydrogens is 404 g/mol. The van der Waals surface area contributed by atoms with Gasteiger partial charge in [-0.3, -0.25) is 15.0 Å². The molecule has 0 radical (unpaired) electrons. The number of aryl methyl sites for hydroxylation is 1. The molecule has 2 aromatic heterocycles. The second-order valence-corrected chi connectivity index (χ2v) is 7.72. The Kier molecular flexibility index (Phi) is 5.75. The highest BCUT2D eigenvalue weighted by Crippen LogP contribution is 2.32. The highest BCUT2D eigenvalue weighted by molar-refractivity contribution is 5.97. The van der Waals surface area contributed by atoms with E-state index in [9.17, 15) is 9.59 Å². The van der Waals surface area contributed by atoms with Gasteiger partial charge in [-0.05, 0) is 44.5 Å². The number of benzene rings is 2. The highest BCUT2D eigenvalue weighted by Gasteiger charge is 2.20. The van der Waals surface area contributed by atoms with Crippen LogP contribution in [-0.2, 0) is 0 Å². The molecule has 4 N–H and O–H groups in total. The number of carbonyl (C=O) groups excluding carboxylic acids is 1. The van der Waals surface area contributed by atoms with Crippen molar-refractivity contribution in [1.82, 2.24) is 10.4 Å². The number of hydrazine groups is 1. The Morgan fingerprint density at radius 3 is 2.56 bits per heavy atom. The smallest absolute Gasteiger partial charge is 0.285 e. The number of anilines is 1. The molecule has 0 bridgehead atoms. The third kappa shape index (κ3) is 3.86. The van der Waals surface area contributed by atoms with Gasteiger partial charge in [0.2, 0.25) is 0 Å². The molecule has 0 saturated heterocycles. The van der Waals surface area contributed by atoms with Crippen molar-refractivity contribution in [3.63, 3.8) is 0 Å². The number of nitrogens with zero attached hydrogens (tertiary/aromatic N) is 1. The standard InChI is InChI=1S/C25H24N4O3/c1-14-12-18(16(3)28-20-10-7-11-27-21(20)25(31)29-26)24-19(13-14)22(30)15(2)23(32-24)17-8-5-4-6-9-17/h4-13,16,28H,26H2,1-3H3,(H,29,31)/t16-/m1/s1. The molecule has 4 aromatic rings. The minimum absolute atomic E-state index is 0.0631. The SMILES string of the molecule is Cc1cc([C@@H](C)Nc2cccnc2C(=O)NN)c2oc(-c3ccccc3)c(C)c(=O)c2c1. The van der Waals surface area contributed by atoms with Crippen LogP contribution in [0, 0.1) is 13.8 Å². The number of aromatic nitrogens is 1. The number of hydrogen-bond donors (Lipinski definition) is 3. The van der Waals surface area contributed by atoms with Gasteiger partial charge in [0.05, 0.1) is 17.1 Å². The van der Waals surface area contributed by atoms with E-state index in [4.69, 9.17) is 10.3 Å². The van der Waals surface area contributed by atoms with Crippen molar-refractivity contribution in [1.29, 1.82) is 0 Å². The zero-order valence-corrected chi connectivity index (χ0v) is 18.1. The number of nitrogens with one attached hydrogen (secondary N) is 2. The molecule has 0 fully saturated rings. The molecule has 0 spiro atoms. The van der Waals surface area contributed by atoms with Crippen molar-refractivity contribution in [2.24, 2.45) is 5.84 Å². The fourth-order valence-electron chi connectivity index (χ4n) is 3.84. The van der Waals surface area contributed by atoms with Crippen LogP contribution in [0.25, 0.3) is 22.3 Å². The fraction of sp³-hybridized carbons (Fsp3) is 0.160. The number of amides is 1. The Hall–Kier alpha value is -3.97. The lowest BCUT2D eigenvalue weighted by molar-refractivity contribution is 0.0949. The minimum Gasteiger partial charge on any atom is -0.455 e. The predicted octanol–water partition coefficient (Wildman–Crippen LogP) is 4.25. The third-order valence-electron chi connectivity index (χ3n) is 5.42. The monoisotopic (exact) mass is 428 g/mol. The molecule has 1 atom stereocenters. The lowest BCUT2D eigenvalue weighted by Crippen LogP contribution is -2.31. The Balaban J connectivity index is 1.87. The lowest BCUT2D eigenvalue weighted by Gasteiger charge is -2.20. The van der Waals surface area contributed by atoms with Gasteiger partial charge in [-0.1, -0.05) is 36.4 Å². The summed E-state index contributed by atoms with van der Waals surface area (Å²) in [4.78, 5) is 29.5. The third-order valence-corrected chi connectivity index (χ3v) is 5.42. The topological polar surface area (TPSA) is 110 Å². The van der Waals surface area contributed by atoms with E-state index in [1.54, 1.807) is 19.1 Å². The average Bonchev–Trinajstić information content (AvgIpc) is 2.81. The van der Waals surface area contributed by atoms with Crippen molar-refractivity contribution in [2.75, 3.05) is 5.32 Å². The van der Waals surface area contributed by atoms with Gasteiger partial charge in [0.1, 0.15) is 11.3 Å². The van der Waals surface area contributed by atoms with Gasteiger partial charge in [0, 0.05) is 22.9 Å². The van der Waals surface area contributed by atoms with Crippen molar-refractivity contribution in [3.05, 3.63) is 93.4 Å². The number of fused-ring (bicyclic) bond motifs is 1. The summed E-state index contributed by atoms with van der Waals surface area (Å²) >= 11 is 0. The van der Waals surface area contributed by atoms with E-state index in [2.05, 4.69) is 15.7 Å². The van der Waals surface area contributed by atoms with Gasteiger partial charge >= 0.3 is 0 Å². The maximum Gasteiger partial charge on any atom is 0.285 e. The zero-order chi connectivity index (χ0) is 22.8. The van der Waals surface area contributed by atoms with Gasteiger partial charge in [0.25, 0.3) is 5.91 Å². The summed E-state index contributed by atoms with van der Waals surface area (Å²) in [5.74, 6) is 5.34. The van der Waals surface area contributed by atoms with Crippen molar-refractivity contribution in [3.8, 4) is 11.3 Å². The average molecular weight is 428 g/mol. The molecule has 0 aliphatic heterocycles. The second kappa shape index (κ2) is 8.64. The van der Waals surface area contributed by atoms with E-state index in [-0.39, 0.29) is 17.2 Å². The van der Waals surface area contributed by atoms with E-state index in [0.29, 0.717) is 28.0 Å². The van der Waals surface area contributed by atoms with Crippen molar-refractivity contribution < 1.29 is 9.21 Å². The molecule has 7 nitrogen and oxygen atoms in total. The Labute approximate surface area is 185 Å². The van der Waals surface area contributed by atoms with Crippen molar-refractivity contribution in [2.45, 2.75) is 26.8 Å². The van der Waals surface area contributed by atoms with Gasteiger partial charge < -0.3 is 9.73 Å². The number of carbonyl (C=O) groups is 1. The van der Waals surface area contributed by atoms with E-state index >= 15 is 0 Å². The largest absolute Gasteiger partial charge is 0.455 e. The van der Waals surface area contributed by atoms with E-state index in [0.717, 1.165) is 16.7 Å². The lowest BCUT2D eigenvalue weighted by atomic mass is 9.98. The summed E-state index contributed by atoms with van der Waals surface area (Å²) < 4.78 is 6.35. The summed E-state index contributed by atoms with van der Waals surface area (Å²) in [7, 11) is 0. The van der Waals surface area contributed by atoms with E-state index < -0.39 is 5.91 Å². The molecule has 162 valence electrons. The van der Waals surface area contributed by atoms with Crippen LogP contribution in [0.5, 0.6) is 0 Å². The highest BCUT2D eigenvalue weighted by atomic mass is 16.3. The molecule has 1 amide bonds. The Morgan fingerprint density at radius 1 is 1.09 bits per heavy atom. The summed E-state index contributed by atoms with van der Waals surface area (Å²) in [5.41, 5.74) is 6.41. The summed E-state index contributed by atoms with van der Waals surface area (Å²) in [6.07, 6.45) is 1.52. The predicted molar refractivity (Wildman–Crippen MR) is 125 cm³/mol. The first-order valence-corrected chi connectivity index (χ1v) is 10.3. The van der Waals surface area contributed by atoms with Crippen LogP contribution < -0.4 is 22.0 Å². The van der Waals surface area contributed by atoms with Gasteiger partial charge in [-0.15, -0.1) is 0 Å². The summed E-state index contributed by atoms with van der Waals surface area (Å²) in [6, 6.07) is 16.6. The molecule has 0 aliphatic carbocycles. The van der Waals surface area contributed by atoms with E-state index in [1.807, 2.05) is 56.3 Å². The molecule has 32 heavy (non-hydrogen) atoms. The normalized spacial score (nSPS) is 11.9. The molecule has 0 aliphatic rings. The van der Waals surface area contributed by atoms with Crippen LogP contribution in [0.1, 0.15) is 40.1 Å². The quantitative estimate of drug-likeness (QED) is 0.249. The molecule has 7 heteroatoms. The van der Waals surface area contributed by atoms with Crippen LogP contribution >= 0.6 is 0 Å². The molecule has 2 heterocycles. The first-order valence-electron chi connectivity index (χ1n) is 10.3. The summed E-state index contributed by atoms with van der Waals surface area (Å²) in [5, 5.41) is 3.84. The first kappa shape index (κ1) is 21.3.